The standard InChI is InChI=1S/C93H81N9/c1-7-34-76(35-8-1)100(77-36-9-2-10-37-77)94-67-71-53-57-91-85(64-71)82-46-19-22-49-88(82)97(91)60-28-25-31-70-52-56-74(32-26-29-61-98-89-50-23-20-47-83(89)86-65-72(54-58-92(86)98)68-95-101(78-38-11-3-12-39-78)79-40-13-4-14-41-79)75(63-70)33-27-30-62-99-90-51-24-21-48-84(90)87-66-73(55-59-93(87)99)69-96-102(80-42-15-5-16-43-80)81-44-17-6-18-45-81/h1-24,34-59,63-69H,25-33,60-62H2. The van der Waals surface area contributed by atoms with E-state index >= 15 is 0 Å². The summed E-state index contributed by atoms with van der Waals surface area (Å²) in [5.41, 5.74) is 21.3. The van der Waals surface area contributed by atoms with Crippen LogP contribution in [0.2, 0.25) is 0 Å². The summed E-state index contributed by atoms with van der Waals surface area (Å²) in [4.78, 5) is 0. The maximum absolute atomic E-state index is 5.08. The van der Waals surface area contributed by atoms with Gasteiger partial charge in [0, 0.05) is 85.1 Å². The average molecular weight is 1320 g/mol. The fourth-order valence-corrected chi connectivity index (χ4v) is 14.9. The lowest BCUT2D eigenvalue weighted by molar-refractivity contribution is 0.621. The normalized spacial score (nSPS) is 11.9. The predicted molar refractivity (Wildman–Crippen MR) is 431 cm³/mol. The van der Waals surface area contributed by atoms with Gasteiger partial charge in [-0.05, 0) is 219 Å². The number of hydrogen-bond acceptors (Lipinski definition) is 6. The molecule has 0 spiro atoms. The Labute approximate surface area is 597 Å². The maximum Gasteiger partial charge on any atom is 0.0652 e. The van der Waals surface area contributed by atoms with Crippen LogP contribution < -0.4 is 15.0 Å². The van der Waals surface area contributed by atoms with Crippen LogP contribution in [0.4, 0.5) is 34.1 Å². The van der Waals surface area contributed by atoms with E-state index in [1.54, 1.807) is 0 Å². The van der Waals surface area contributed by atoms with E-state index in [4.69, 9.17) is 15.3 Å². The van der Waals surface area contributed by atoms with Gasteiger partial charge in [-0.25, -0.2) is 15.0 Å². The van der Waals surface area contributed by atoms with E-state index < -0.39 is 0 Å². The van der Waals surface area contributed by atoms with E-state index in [2.05, 4.69) is 305 Å². The monoisotopic (exact) mass is 1320 g/mol. The van der Waals surface area contributed by atoms with Crippen molar-refractivity contribution in [2.45, 2.75) is 77.4 Å². The molecule has 0 aliphatic heterocycles. The number of fused-ring (bicyclic) bond motifs is 9. The summed E-state index contributed by atoms with van der Waals surface area (Å²) in [6, 6.07) is 117. The van der Waals surface area contributed by atoms with Crippen molar-refractivity contribution in [3.8, 4) is 0 Å². The molecule has 3 aromatic heterocycles. The lowest BCUT2D eigenvalue weighted by atomic mass is 9.94. The van der Waals surface area contributed by atoms with E-state index in [9.17, 15) is 0 Å². The first kappa shape index (κ1) is 64.4. The number of hydrazone groups is 3. The first-order chi connectivity index (χ1) is 50.6. The van der Waals surface area contributed by atoms with E-state index in [-0.39, 0.29) is 0 Å². The van der Waals surface area contributed by atoms with Crippen molar-refractivity contribution in [1.29, 1.82) is 0 Å². The molecule has 498 valence electrons. The van der Waals surface area contributed by atoms with Crippen molar-refractivity contribution in [1.82, 2.24) is 13.7 Å². The zero-order valence-electron chi connectivity index (χ0n) is 57.4. The van der Waals surface area contributed by atoms with Crippen molar-refractivity contribution < 1.29 is 0 Å². The highest BCUT2D eigenvalue weighted by molar-refractivity contribution is 6.12. The van der Waals surface area contributed by atoms with Crippen molar-refractivity contribution >= 4 is 118 Å². The van der Waals surface area contributed by atoms with Gasteiger partial charge in [0.1, 0.15) is 0 Å². The third kappa shape index (κ3) is 14.0. The third-order valence-electron chi connectivity index (χ3n) is 19.9. The van der Waals surface area contributed by atoms with Gasteiger partial charge in [-0.3, -0.25) is 0 Å². The van der Waals surface area contributed by atoms with Crippen LogP contribution >= 0.6 is 0 Å². The average Bonchev–Trinajstić information content (AvgIpc) is 1.62. The van der Waals surface area contributed by atoms with Crippen molar-refractivity contribution in [3.05, 3.63) is 361 Å². The zero-order chi connectivity index (χ0) is 68.2. The number of anilines is 6. The molecule has 0 aliphatic rings. The van der Waals surface area contributed by atoms with Gasteiger partial charge in [0.2, 0.25) is 0 Å². The van der Waals surface area contributed by atoms with Gasteiger partial charge >= 0.3 is 0 Å². The summed E-state index contributed by atoms with van der Waals surface area (Å²) in [6.07, 6.45) is 15.6. The van der Waals surface area contributed by atoms with Crippen LogP contribution in [0.5, 0.6) is 0 Å². The van der Waals surface area contributed by atoms with Gasteiger partial charge in [0.25, 0.3) is 0 Å². The fourth-order valence-electron chi connectivity index (χ4n) is 14.9. The number of para-hydroxylation sites is 9. The largest absolute Gasteiger partial charge is 0.340 e. The highest BCUT2D eigenvalue weighted by Crippen LogP contribution is 2.36. The molecule has 0 amide bonds. The molecule has 16 aromatic rings. The topological polar surface area (TPSA) is 61.6 Å². The van der Waals surface area contributed by atoms with Crippen LogP contribution in [0.1, 0.15) is 71.9 Å². The Kier molecular flexibility index (Phi) is 19.2. The summed E-state index contributed by atoms with van der Waals surface area (Å²) in [5, 5.41) is 28.8. The van der Waals surface area contributed by atoms with E-state index in [1.165, 1.54) is 82.1 Å². The Morgan fingerprint density at radius 2 is 0.500 bits per heavy atom. The SMILES string of the molecule is C(=NN(c1ccccc1)c1ccccc1)c1ccc2c(c1)c1ccccc1n2CCCCc1ccc(CCCCn2c3ccccc3c3cc(C=NN(c4ccccc4)c4ccccc4)ccc32)c(CCCCn2c3ccccc3c3cc(C=NN(c4ccccc4)c4ccccc4)ccc32)c1. The second kappa shape index (κ2) is 30.4. The number of nitrogens with zero attached hydrogens (tertiary/aromatic N) is 9. The Balaban J connectivity index is 0.630. The lowest BCUT2D eigenvalue weighted by Crippen LogP contribution is -2.09. The molecule has 102 heavy (non-hydrogen) atoms. The van der Waals surface area contributed by atoms with Crippen LogP contribution in [0.15, 0.2) is 343 Å². The molecular weight excluding hydrogens is 1240 g/mol. The van der Waals surface area contributed by atoms with E-state index in [0.29, 0.717) is 0 Å². The summed E-state index contributed by atoms with van der Waals surface area (Å²) < 4.78 is 7.63. The first-order valence-electron chi connectivity index (χ1n) is 36.1. The highest BCUT2D eigenvalue weighted by Gasteiger charge is 2.18. The number of benzene rings is 13. The van der Waals surface area contributed by atoms with Gasteiger partial charge in [-0.1, -0.05) is 200 Å². The molecule has 0 radical (unpaired) electrons. The highest BCUT2D eigenvalue weighted by atomic mass is 15.5. The Morgan fingerprint density at radius 3 is 0.824 bits per heavy atom. The lowest BCUT2D eigenvalue weighted by Gasteiger charge is -2.19. The molecule has 0 unspecified atom stereocenters. The zero-order valence-corrected chi connectivity index (χ0v) is 57.4. The van der Waals surface area contributed by atoms with Crippen LogP contribution in [0.25, 0.3) is 65.4 Å². The molecular formula is C93H81N9. The van der Waals surface area contributed by atoms with Gasteiger partial charge in [-0.2, -0.15) is 15.3 Å². The molecule has 0 saturated carbocycles. The van der Waals surface area contributed by atoms with Gasteiger partial charge in [0.05, 0.1) is 52.8 Å². The maximum atomic E-state index is 5.08. The molecule has 0 aliphatic carbocycles. The number of aryl methyl sites for hydroxylation is 6. The minimum atomic E-state index is 0.938. The molecule has 0 saturated heterocycles. The van der Waals surface area contributed by atoms with Crippen molar-refractivity contribution in [3.63, 3.8) is 0 Å². The minimum Gasteiger partial charge on any atom is -0.340 e. The summed E-state index contributed by atoms with van der Waals surface area (Å²) >= 11 is 0. The molecule has 3 heterocycles. The number of aromatic nitrogens is 3. The van der Waals surface area contributed by atoms with Crippen LogP contribution in [-0.2, 0) is 38.9 Å². The minimum absolute atomic E-state index is 0.938. The number of unbranched alkanes of at least 4 members (excludes halogenated alkanes) is 3. The Bertz CT molecular complexity index is 5480. The summed E-state index contributed by atoms with van der Waals surface area (Å²) in [7, 11) is 0. The molecule has 0 atom stereocenters. The van der Waals surface area contributed by atoms with Crippen molar-refractivity contribution in [2.24, 2.45) is 15.3 Å². The summed E-state index contributed by atoms with van der Waals surface area (Å²) in [5.74, 6) is 0. The number of hydrogen-bond donors (Lipinski definition) is 0. The summed E-state index contributed by atoms with van der Waals surface area (Å²) in [6.45, 7) is 2.83. The molecule has 0 bridgehead atoms. The molecule has 13 aromatic carbocycles. The van der Waals surface area contributed by atoms with Crippen LogP contribution in [0.3, 0.4) is 0 Å². The Hall–Kier alpha value is -12.3. The second-order valence-electron chi connectivity index (χ2n) is 26.5. The smallest absolute Gasteiger partial charge is 0.0652 e. The van der Waals surface area contributed by atoms with Crippen LogP contribution in [-0.4, -0.2) is 32.3 Å². The van der Waals surface area contributed by atoms with Gasteiger partial charge in [0.15, 0.2) is 0 Å². The van der Waals surface area contributed by atoms with Crippen molar-refractivity contribution in [2.75, 3.05) is 15.0 Å². The fraction of sp³-hybridized carbons (Fsp3) is 0.129. The first-order valence-corrected chi connectivity index (χ1v) is 36.1. The second-order valence-corrected chi connectivity index (χ2v) is 26.5. The molecule has 9 nitrogen and oxygen atoms in total. The third-order valence-corrected chi connectivity index (χ3v) is 19.9. The number of rotatable bonds is 27. The molecule has 0 fully saturated rings. The van der Waals surface area contributed by atoms with Gasteiger partial charge < -0.3 is 13.7 Å². The molecule has 0 N–H and O–H groups in total. The molecule has 9 heteroatoms. The quantitative estimate of drug-likeness (QED) is 0.0293. The van der Waals surface area contributed by atoms with Crippen LogP contribution in [0, 0.1) is 0 Å². The Morgan fingerprint density at radius 1 is 0.225 bits per heavy atom. The van der Waals surface area contributed by atoms with E-state index in [1.807, 2.05) is 70.1 Å². The predicted octanol–water partition coefficient (Wildman–Crippen LogP) is 23.6. The molecule has 16 rings (SSSR count). The van der Waals surface area contributed by atoms with Gasteiger partial charge in [-0.15, -0.1) is 0 Å². The van der Waals surface area contributed by atoms with E-state index in [0.717, 1.165) is 128 Å².